The zero-order valence-corrected chi connectivity index (χ0v) is 51.5. The van der Waals surface area contributed by atoms with E-state index in [1.165, 1.54) is 308 Å². The second kappa shape index (κ2) is 65.9. The molecular formula is C70H135NO5. The van der Waals surface area contributed by atoms with Gasteiger partial charge in [0.05, 0.1) is 25.4 Å². The maximum atomic E-state index is 12.5. The van der Waals surface area contributed by atoms with Crippen molar-refractivity contribution >= 4 is 11.9 Å². The van der Waals surface area contributed by atoms with Crippen LogP contribution in [0.1, 0.15) is 386 Å². The van der Waals surface area contributed by atoms with Crippen LogP contribution in [0.15, 0.2) is 24.3 Å². The van der Waals surface area contributed by atoms with Crippen molar-refractivity contribution in [3.8, 4) is 0 Å². The topological polar surface area (TPSA) is 95.9 Å². The summed E-state index contributed by atoms with van der Waals surface area (Å²) in [5.74, 6) is -0.0126. The molecule has 0 aliphatic carbocycles. The minimum Gasteiger partial charge on any atom is -0.466 e. The van der Waals surface area contributed by atoms with E-state index < -0.39 is 12.1 Å². The summed E-state index contributed by atoms with van der Waals surface area (Å²) in [5, 5.41) is 23.2. The Morgan fingerprint density at radius 1 is 0.368 bits per heavy atom. The SMILES string of the molecule is CCCCCCCCCCCCCC(=O)OCCCCCCCCCCCCCCC/C=C\C/C=C\CCCCCCCCCCCCCCCCCCCC(=O)NC(CO)C(O)CCCCCCCCCCCCC. The fraction of sp³-hybridized carbons (Fsp3) is 0.914. The summed E-state index contributed by atoms with van der Waals surface area (Å²) in [7, 11) is 0. The molecule has 0 radical (unpaired) electrons. The number of aliphatic hydroxyl groups excluding tert-OH is 2. The number of carbonyl (C=O) groups is 2. The van der Waals surface area contributed by atoms with E-state index in [1.807, 2.05) is 0 Å². The van der Waals surface area contributed by atoms with Gasteiger partial charge < -0.3 is 20.3 Å². The Hall–Kier alpha value is -1.66. The minimum absolute atomic E-state index is 0.0188. The van der Waals surface area contributed by atoms with Crippen LogP contribution < -0.4 is 5.32 Å². The third-order valence-electron chi connectivity index (χ3n) is 16.3. The van der Waals surface area contributed by atoms with Gasteiger partial charge in [0.2, 0.25) is 5.91 Å². The molecule has 450 valence electrons. The molecule has 0 aromatic heterocycles. The molecule has 3 N–H and O–H groups in total. The third kappa shape index (κ3) is 61.6. The molecule has 6 heteroatoms. The number of rotatable bonds is 65. The van der Waals surface area contributed by atoms with Crippen LogP contribution in [0, 0.1) is 0 Å². The van der Waals surface area contributed by atoms with Gasteiger partial charge in [-0.1, -0.05) is 340 Å². The number of ether oxygens (including phenoxy) is 1. The van der Waals surface area contributed by atoms with Crippen molar-refractivity contribution in [3.63, 3.8) is 0 Å². The molecule has 76 heavy (non-hydrogen) atoms. The van der Waals surface area contributed by atoms with Gasteiger partial charge >= 0.3 is 5.97 Å². The molecule has 0 fully saturated rings. The van der Waals surface area contributed by atoms with Gasteiger partial charge in [-0.3, -0.25) is 9.59 Å². The summed E-state index contributed by atoms with van der Waals surface area (Å²) in [4.78, 5) is 24.5. The van der Waals surface area contributed by atoms with Crippen LogP contribution in [-0.4, -0.2) is 47.4 Å². The molecule has 0 saturated heterocycles. The monoisotopic (exact) mass is 1070 g/mol. The number of hydrogen-bond donors (Lipinski definition) is 3. The standard InChI is InChI=1S/C70H135NO5/c1-3-5-7-9-11-13-42-46-50-54-58-62-68(73)67(66-72)71-69(74)63-59-55-51-47-44-40-38-36-34-32-30-28-26-24-22-20-18-16-15-17-19-21-23-25-27-29-31-33-35-37-39-41-45-49-53-57-61-65-76-70(75)64-60-56-52-48-43-14-12-10-8-6-4-2/h15,17,21,23,67-68,72-73H,3-14,16,18-20,22,24-66H2,1-2H3,(H,71,74)/b17-15-,23-21-. The minimum atomic E-state index is -0.660. The fourth-order valence-corrected chi connectivity index (χ4v) is 11.0. The lowest BCUT2D eigenvalue weighted by Crippen LogP contribution is -2.45. The lowest BCUT2D eigenvalue weighted by Gasteiger charge is -2.22. The van der Waals surface area contributed by atoms with Crippen LogP contribution >= 0.6 is 0 Å². The highest BCUT2D eigenvalue weighted by molar-refractivity contribution is 5.76. The number of nitrogens with one attached hydrogen (secondary N) is 1. The first-order valence-electron chi connectivity index (χ1n) is 34.6. The molecule has 0 aliphatic rings. The fourth-order valence-electron chi connectivity index (χ4n) is 11.0. The predicted molar refractivity (Wildman–Crippen MR) is 333 cm³/mol. The molecule has 6 nitrogen and oxygen atoms in total. The molecule has 0 spiro atoms. The number of esters is 1. The van der Waals surface area contributed by atoms with Gasteiger partial charge in [0.15, 0.2) is 0 Å². The molecule has 0 rings (SSSR count). The molecule has 2 unspecified atom stereocenters. The summed E-state index contributed by atoms with van der Waals surface area (Å²) in [5.41, 5.74) is 0. The number of carbonyl (C=O) groups excluding carboxylic acids is 2. The van der Waals surface area contributed by atoms with E-state index in [2.05, 4.69) is 43.5 Å². The van der Waals surface area contributed by atoms with Gasteiger partial charge in [0.1, 0.15) is 0 Å². The number of unbranched alkanes of at least 4 members (excludes halogenated alkanes) is 50. The number of amides is 1. The molecule has 0 heterocycles. The zero-order valence-electron chi connectivity index (χ0n) is 51.5. The maximum absolute atomic E-state index is 12.5. The van der Waals surface area contributed by atoms with Crippen LogP contribution in [0.5, 0.6) is 0 Å². The van der Waals surface area contributed by atoms with Crippen molar-refractivity contribution in [2.24, 2.45) is 0 Å². The first kappa shape index (κ1) is 74.3. The molecule has 0 saturated carbocycles. The molecule has 0 aromatic carbocycles. The Balaban J connectivity index is 3.34. The summed E-state index contributed by atoms with van der Waals surface area (Å²) in [6.07, 6.45) is 82.4. The Morgan fingerprint density at radius 2 is 0.658 bits per heavy atom. The lowest BCUT2D eigenvalue weighted by atomic mass is 10.0. The van der Waals surface area contributed by atoms with E-state index >= 15 is 0 Å². The lowest BCUT2D eigenvalue weighted by molar-refractivity contribution is -0.143. The highest BCUT2D eigenvalue weighted by Crippen LogP contribution is 2.19. The van der Waals surface area contributed by atoms with Crippen LogP contribution in [0.2, 0.25) is 0 Å². The molecule has 0 aromatic rings. The largest absolute Gasteiger partial charge is 0.466 e. The average Bonchev–Trinajstić information content (AvgIpc) is 3.42. The summed E-state index contributed by atoms with van der Waals surface area (Å²) in [6, 6.07) is -0.537. The van der Waals surface area contributed by atoms with Crippen LogP contribution in [0.3, 0.4) is 0 Å². The number of allylic oxidation sites excluding steroid dienone is 4. The van der Waals surface area contributed by atoms with E-state index in [4.69, 9.17) is 4.74 Å². The van der Waals surface area contributed by atoms with Crippen molar-refractivity contribution in [1.29, 1.82) is 0 Å². The summed E-state index contributed by atoms with van der Waals surface area (Å²) < 4.78 is 5.47. The quantitative estimate of drug-likeness (QED) is 0.0320. The smallest absolute Gasteiger partial charge is 0.305 e. The highest BCUT2D eigenvalue weighted by atomic mass is 16.5. The zero-order chi connectivity index (χ0) is 55.0. The van der Waals surface area contributed by atoms with Gasteiger partial charge in [-0.05, 0) is 57.8 Å². The van der Waals surface area contributed by atoms with Gasteiger partial charge in [0.25, 0.3) is 0 Å². The van der Waals surface area contributed by atoms with Crippen LogP contribution in [0.4, 0.5) is 0 Å². The summed E-state index contributed by atoms with van der Waals surface area (Å²) >= 11 is 0. The first-order valence-corrected chi connectivity index (χ1v) is 34.6. The van der Waals surface area contributed by atoms with Crippen molar-refractivity contribution < 1.29 is 24.5 Å². The molecule has 0 bridgehead atoms. The van der Waals surface area contributed by atoms with Crippen molar-refractivity contribution in [1.82, 2.24) is 5.32 Å². The Morgan fingerprint density at radius 3 is 1.00 bits per heavy atom. The van der Waals surface area contributed by atoms with Gasteiger partial charge in [0, 0.05) is 12.8 Å². The normalized spacial score (nSPS) is 12.6. The van der Waals surface area contributed by atoms with E-state index in [1.54, 1.807) is 0 Å². The van der Waals surface area contributed by atoms with E-state index in [0.29, 0.717) is 25.9 Å². The molecule has 0 aliphatic heterocycles. The average molecular weight is 1070 g/mol. The van der Waals surface area contributed by atoms with E-state index in [-0.39, 0.29) is 18.5 Å². The first-order chi connectivity index (χ1) is 37.5. The van der Waals surface area contributed by atoms with Crippen molar-refractivity contribution in [2.75, 3.05) is 13.2 Å². The Labute approximate surface area is 475 Å². The number of aliphatic hydroxyl groups is 2. The highest BCUT2D eigenvalue weighted by Gasteiger charge is 2.20. The van der Waals surface area contributed by atoms with Crippen LogP contribution in [0.25, 0.3) is 0 Å². The molecule has 2 atom stereocenters. The maximum Gasteiger partial charge on any atom is 0.305 e. The van der Waals surface area contributed by atoms with E-state index in [0.717, 1.165) is 44.9 Å². The van der Waals surface area contributed by atoms with E-state index in [9.17, 15) is 19.8 Å². The van der Waals surface area contributed by atoms with Gasteiger partial charge in [-0.15, -0.1) is 0 Å². The Kier molecular flexibility index (Phi) is 64.4. The number of hydrogen-bond acceptors (Lipinski definition) is 5. The van der Waals surface area contributed by atoms with Gasteiger partial charge in [-0.2, -0.15) is 0 Å². The predicted octanol–water partition coefficient (Wildman–Crippen LogP) is 22.1. The van der Waals surface area contributed by atoms with Crippen molar-refractivity contribution in [3.05, 3.63) is 24.3 Å². The van der Waals surface area contributed by atoms with Crippen molar-refractivity contribution in [2.45, 2.75) is 398 Å². The molecular weight excluding hydrogens is 935 g/mol. The second-order valence-corrected chi connectivity index (χ2v) is 23.9. The van der Waals surface area contributed by atoms with Gasteiger partial charge in [-0.25, -0.2) is 0 Å². The Bertz CT molecular complexity index is 1190. The third-order valence-corrected chi connectivity index (χ3v) is 16.3. The molecule has 1 amide bonds. The summed E-state index contributed by atoms with van der Waals surface area (Å²) in [6.45, 7) is 4.97. The van der Waals surface area contributed by atoms with Crippen LogP contribution in [-0.2, 0) is 14.3 Å². The second-order valence-electron chi connectivity index (χ2n) is 23.9.